The van der Waals surface area contributed by atoms with E-state index in [9.17, 15) is 26.4 Å². The Balaban J connectivity index is 3.29. The lowest BCUT2D eigenvalue weighted by molar-refractivity contribution is -0.138. The number of carbonyl (C=O) groups excluding carboxylic acids is 1. The maximum Gasteiger partial charge on any atom is 0.406 e. The van der Waals surface area contributed by atoms with Gasteiger partial charge in [-0.3, -0.25) is 9.89 Å². The van der Waals surface area contributed by atoms with E-state index >= 15 is 0 Å². The van der Waals surface area contributed by atoms with Gasteiger partial charge in [0.15, 0.2) is 5.69 Å². The third-order valence-electron chi connectivity index (χ3n) is 2.53. The molecule has 1 N–H and O–H groups in total. The van der Waals surface area contributed by atoms with Crippen molar-refractivity contribution in [3.05, 3.63) is 11.4 Å². The molecule has 0 atom stereocenters. The highest BCUT2D eigenvalue weighted by atomic mass is 35.7. The van der Waals surface area contributed by atoms with Crippen LogP contribution in [0.25, 0.3) is 0 Å². The van der Waals surface area contributed by atoms with Gasteiger partial charge in [-0.2, -0.15) is 18.3 Å². The summed E-state index contributed by atoms with van der Waals surface area (Å²) in [6.45, 7) is 1.71. The summed E-state index contributed by atoms with van der Waals surface area (Å²) in [6, 6.07) is 0. The average Bonchev–Trinajstić information content (AvgIpc) is 2.69. The minimum Gasteiger partial charge on any atom is -0.331 e. The number of nitrogens with zero attached hydrogens (tertiary/aromatic N) is 2. The standard InChI is InChI=1S/C10H13ClF3N3O3S/c1-5(2)6-8(21(11,19)20)7(16-15-6)9(18)17(3)4-10(12,13)14/h5H,4H2,1-3H3,(H,15,16). The summed E-state index contributed by atoms with van der Waals surface area (Å²) in [5, 5.41) is 5.84. The highest BCUT2D eigenvalue weighted by molar-refractivity contribution is 8.13. The van der Waals surface area contributed by atoms with Crippen LogP contribution in [-0.2, 0) is 9.05 Å². The van der Waals surface area contributed by atoms with Crippen LogP contribution < -0.4 is 0 Å². The van der Waals surface area contributed by atoms with Crippen LogP contribution in [-0.4, -0.2) is 49.2 Å². The van der Waals surface area contributed by atoms with E-state index in [1.807, 2.05) is 0 Å². The first-order chi connectivity index (χ1) is 9.34. The SMILES string of the molecule is CC(C)c1[nH]nc(C(=O)N(C)CC(F)(F)F)c1S(=O)(=O)Cl. The van der Waals surface area contributed by atoms with E-state index in [1.165, 1.54) is 0 Å². The molecule has 1 aromatic heterocycles. The van der Waals surface area contributed by atoms with Crippen LogP contribution in [0, 0.1) is 0 Å². The molecule has 0 aromatic carbocycles. The molecule has 0 radical (unpaired) electrons. The van der Waals surface area contributed by atoms with E-state index in [4.69, 9.17) is 10.7 Å². The molecule has 0 bridgehead atoms. The van der Waals surface area contributed by atoms with Crippen molar-refractivity contribution in [2.75, 3.05) is 13.6 Å². The first-order valence-corrected chi connectivity index (χ1v) is 8.00. The largest absolute Gasteiger partial charge is 0.406 e. The molecular formula is C10H13ClF3N3O3S. The number of rotatable bonds is 4. The van der Waals surface area contributed by atoms with E-state index in [0.717, 1.165) is 7.05 Å². The second-order valence-electron chi connectivity index (χ2n) is 4.68. The minimum absolute atomic E-state index is 0.0637. The average molecular weight is 348 g/mol. The van der Waals surface area contributed by atoms with Crippen LogP contribution >= 0.6 is 10.7 Å². The number of aromatic nitrogens is 2. The fraction of sp³-hybridized carbons (Fsp3) is 0.600. The maximum absolute atomic E-state index is 12.3. The lowest BCUT2D eigenvalue weighted by Crippen LogP contribution is -2.36. The first-order valence-electron chi connectivity index (χ1n) is 5.69. The zero-order valence-corrected chi connectivity index (χ0v) is 12.9. The molecule has 1 amide bonds. The van der Waals surface area contributed by atoms with Crippen molar-refractivity contribution in [2.24, 2.45) is 0 Å². The summed E-state index contributed by atoms with van der Waals surface area (Å²) in [4.78, 5) is 11.7. The Morgan fingerprint density at radius 2 is 1.95 bits per heavy atom. The third-order valence-corrected chi connectivity index (χ3v) is 3.90. The molecule has 6 nitrogen and oxygen atoms in total. The fourth-order valence-electron chi connectivity index (χ4n) is 1.65. The van der Waals surface area contributed by atoms with Gasteiger partial charge >= 0.3 is 6.18 Å². The van der Waals surface area contributed by atoms with Crippen molar-refractivity contribution in [3.8, 4) is 0 Å². The number of hydrogen-bond donors (Lipinski definition) is 1. The van der Waals surface area contributed by atoms with Gasteiger partial charge in [0.25, 0.3) is 15.0 Å². The van der Waals surface area contributed by atoms with Gasteiger partial charge in [-0.25, -0.2) is 8.42 Å². The summed E-state index contributed by atoms with van der Waals surface area (Å²) in [5.41, 5.74) is -0.589. The molecule has 1 heterocycles. The van der Waals surface area contributed by atoms with E-state index < -0.39 is 38.3 Å². The monoisotopic (exact) mass is 347 g/mol. The van der Waals surface area contributed by atoms with E-state index in [2.05, 4.69) is 10.2 Å². The Morgan fingerprint density at radius 1 is 1.43 bits per heavy atom. The second kappa shape index (κ2) is 5.84. The highest BCUT2D eigenvalue weighted by Crippen LogP contribution is 2.28. The van der Waals surface area contributed by atoms with Gasteiger partial charge < -0.3 is 4.90 Å². The molecule has 21 heavy (non-hydrogen) atoms. The summed E-state index contributed by atoms with van der Waals surface area (Å²) < 4.78 is 60.0. The minimum atomic E-state index is -4.61. The molecule has 120 valence electrons. The molecule has 0 aliphatic carbocycles. The number of hydrogen-bond acceptors (Lipinski definition) is 4. The molecule has 0 spiro atoms. The van der Waals surface area contributed by atoms with Gasteiger partial charge in [0.1, 0.15) is 11.4 Å². The number of amides is 1. The van der Waals surface area contributed by atoms with Crippen molar-refractivity contribution < 1.29 is 26.4 Å². The van der Waals surface area contributed by atoms with Gasteiger partial charge in [0.2, 0.25) is 0 Å². The number of carbonyl (C=O) groups is 1. The summed E-state index contributed by atoms with van der Waals surface area (Å²) in [6.07, 6.45) is -4.61. The van der Waals surface area contributed by atoms with Gasteiger partial charge in [0.05, 0.1) is 5.69 Å². The topological polar surface area (TPSA) is 83.1 Å². The molecule has 0 aliphatic heterocycles. The van der Waals surface area contributed by atoms with Crippen molar-refractivity contribution in [1.29, 1.82) is 0 Å². The Morgan fingerprint density at radius 3 is 2.33 bits per heavy atom. The smallest absolute Gasteiger partial charge is 0.331 e. The normalized spacial score (nSPS) is 12.8. The summed E-state index contributed by atoms with van der Waals surface area (Å²) in [5.74, 6) is -1.55. The van der Waals surface area contributed by atoms with E-state index in [-0.39, 0.29) is 11.6 Å². The lowest BCUT2D eigenvalue weighted by Gasteiger charge is -2.18. The van der Waals surface area contributed by atoms with Crippen LogP contribution in [0.3, 0.4) is 0 Å². The maximum atomic E-state index is 12.3. The van der Waals surface area contributed by atoms with Crippen molar-refractivity contribution in [1.82, 2.24) is 15.1 Å². The van der Waals surface area contributed by atoms with Gasteiger partial charge in [-0.15, -0.1) is 0 Å². The Labute approximate surface area is 123 Å². The number of aromatic amines is 1. The molecule has 1 aromatic rings. The van der Waals surface area contributed by atoms with Crippen molar-refractivity contribution >= 4 is 25.6 Å². The van der Waals surface area contributed by atoms with Gasteiger partial charge in [-0.05, 0) is 5.92 Å². The zero-order valence-electron chi connectivity index (χ0n) is 11.3. The zero-order chi connectivity index (χ0) is 16.6. The second-order valence-corrected chi connectivity index (χ2v) is 7.19. The molecule has 0 fully saturated rings. The molecule has 1 rings (SSSR count). The van der Waals surface area contributed by atoms with Crippen LogP contribution in [0.5, 0.6) is 0 Å². The van der Waals surface area contributed by atoms with Crippen LogP contribution in [0.2, 0.25) is 0 Å². The van der Waals surface area contributed by atoms with Crippen LogP contribution in [0.15, 0.2) is 4.90 Å². The van der Waals surface area contributed by atoms with Gasteiger partial charge in [0, 0.05) is 17.7 Å². The summed E-state index contributed by atoms with van der Waals surface area (Å²) >= 11 is 0. The molecule has 0 unspecified atom stereocenters. The number of H-pyrrole nitrogens is 1. The Kier molecular flexibility index (Phi) is 4.94. The van der Waals surface area contributed by atoms with Crippen molar-refractivity contribution in [2.45, 2.75) is 30.8 Å². The molecular weight excluding hydrogens is 335 g/mol. The molecule has 0 saturated carbocycles. The number of nitrogens with one attached hydrogen (secondary N) is 1. The number of halogens is 4. The van der Waals surface area contributed by atoms with E-state index in [1.54, 1.807) is 13.8 Å². The fourth-order valence-corrected chi connectivity index (χ4v) is 3.03. The summed E-state index contributed by atoms with van der Waals surface area (Å²) in [7, 11) is 1.81. The van der Waals surface area contributed by atoms with Gasteiger partial charge in [-0.1, -0.05) is 13.8 Å². The predicted molar refractivity (Wildman–Crippen MR) is 68.7 cm³/mol. The van der Waals surface area contributed by atoms with E-state index in [0.29, 0.717) is 4.90 Å². The third kappa shape index (κ3) is 4.34. The van der Waals surface area contributed by atoms with Crippen molar-refractivity contribution in [3.63, 3.8) is 0 Å². The molecule has 11 heteroatoms. The number of alkyl halides is 3. The Hall–Kier alpha value is -1.29. The van der Waals surface area contributed by atoms with Crippen LogP contribution in [0.4, 0.5) is 13.2 Å². The quantitative estimate of drug-likeness (QED) is 0.845. The molecule has 0 aliphatic rings. The first kappa shape index (κ1) is 17.8. The lowest BCUT2D eigenvalue weighted by atomic mass is 10.1. The van der Waals surface area contributed by atoms with Crippen LogP contribution in [0.1, 0.15) is 35.9 Å². The molecule has 0 saturated heterocycles. The Bertz CT molecular complexity index is 640. The predicted octanol–water partition coefficient (Wildman–Crippen LogP) is 2.09. The highest BCUT2D eigenvalue weighted by Gasteiger charge is 2.35.